The average molecular weight is 417 g/mol. The number of aryl methyl sites for hydroxylation is 2. The number of hydrogen-bond donors (Lipinski definition) is 2. The Morgan fingerprint density at radius 1 is 1.10 bits per heavy atom. The van der Waals surface area contributed by atoms with E-state index in [-0.39, 0.29) is 23.8 Å². The first-order valence-corrected chi connectivity index (χ1v) is 11.4. The highest BCUT2D eigenvalue weighted by Gasteiger charge is 2.17. The molecule has 1 fully saturated rings. The Morgan fingerprint density at radius 2 is 1.86 bits per heavy atom. The monoisotopic (exact) mass is 416 g/mol. The highest BCUT2D eigenvalue weighted by Crippen LogP contribution is 2.19. The third-order valence-electron chi connectivity index (χ3n) is 4.98. The van der Waals surface area contributed by atoms with Crippen molar-refractivity contribution in [2.24, 2.45) is 0 Å². The number of nitrogens with zero attached hydrogens (tertiary/aromatic N) is 2. The van der Waals surface area contributed by atoms with Crippen molar-refractivity contribution in [3.8, 4) is 0 Å². The number of pyridine rings is 1. The molecule has 0 atom stereocenters. The van der Waals surface area contributed by atoms with Gasteiger partial charge in [-0.15, -0.1) is 0 Å². The Hall–Kier alpha value is -2.45. The van der Waals surface area contributed by atoms with E-state index >= 15 is 0 Å². The minimum Gasteiger partial charge on any atom is -0.357 e. The van der Waals surface area contributed by atoms with Gasteiger partial charge in [0.2, 0.25) is 15.9 Å². The SMILES string of the molecule is Cc1ccc(S(=O)(=O)NCCC(=O)Nc2ccc(N3CCCCC3)nc2)c(C)c1. The van der Waals surface area contributed by atoms with E-state index in [0.29, 0.717) is 11.3 Å². The first kappa shape index (κ1) is 21.3. The number of carbonyl (C=O) groups is 1. The molecule has 2 heterocycles. The van der Waals surface area contributed by atoms with Crippen molar-refractivity contribution in [3.05, 3.63) is 47.7 Å². The van der Waals surface area contributed by atoms with Crippen LogP contribution in [-0.2, 0) is 14.8 Å². The van der Waals surface area contributed by atoms with Gasteiger partial charge in [-0.1, -0.05) is 17.7 Å². The zero-order valence-corrected chi connectivity index (χ0v) is 17.8. The summed E-state index contributed by atoms with van der Waals surface area (Å²) in [5.41, 5.74) is 2.29. The molecule has 1 amide bonds. The molecule has 7 nitrogen and oxygen atoms in total. The zero-order valence-electron chi connectivity index (χ0n) is 16.9. The normalized spacial score (nSPS) is 14.6. The maximum Gasteiger partial charge on any atom is 0.240 e. The molecule has 8 heteroatoms. The van der Waals surface area contributed by atoms with Crippen LogP contribution in [0, 0.1) is 13.8 Å². The summed E-state index contributed by atoms with van der Waals surface area (Å²) in [6.07, 6.45) is 5.30. The van der Waals surface area contributed by atoms with E-state index in [1.54, 1.807) is 25.3 Å². The first-order valence-electron chi connectivity index (χ1n) is 9.93. The molecule has 156 valence electrons. The first-order chi connectivity index (χ1) is 13.8. The number of anilines is 2. The van der Waals surface area contributed by atoms with Crippen molar-refractivity contribution in [3.63, 3.8) is 0 Å². The number of amides is 1. The molecule has 0 saturated carbocycles. The largest absolute Gasteiger partial charge is 0.357 e. The lowest BCUT2D eigenvalue weighted by molar-refractivity contribution is -0.116. The molecule has 0 aliphatic carbocycles. The number of rotatable bonds is 7. The van der Waals surface area contributed by atoms with E-state index in [9.17, 15) is 13.2 Å². The summed E-state index contributed by atoms with van der Waals surface area (Å²) in [7, 11) is -3.64. The van der Waals surface area contributed by atoms with Crippen LogP contribution < -0.4 is 14.9 Å². The van der Waals surface area contributed by atoms with Crippen LogP contribution in [0.25, 0.3) is 0 Å². The Kier molecular flexibility index (Phi) is 6.87. The number of benzene rings is 1. The van der Waals surface area contributed by atoms with Gasteiger partial charge in [0.15, 0.2) is 0 Å². The number of nitrogens with one attached hydrogen (secondary N) is 2. The molecule has 1 aromatic carbocycles. The predicted molar refractivity (Wildman–Crippen MR) is 115 cm³/mol. The second kappa shape index (κ2) is 9.37. The fourth-order valence-corrected chi connectivity index (χ4v) is 4.73. The van der Waals surface area contributed by atoms with Crippen LogP contribution in [0.4, 0.5) is 11.5 Å². The molecule has 1 aromatic heterocycles. The second-order valence-corrected chi connectivity index (χ2v) is 9.15. The number of hydrogen-bond acceptors (Lipinski definition) is 5. The van der Waals surface area contributed by atoms with Gasteiger partial charge in [0.1, 0.15) is 5.82 Å². The van der Waals surface area contributed by atoms with Gasteiger partial charge in [-0.2, -0.15) is 0 Å². The van der Waals surface area contributed by atoms with Crippen molar-refractivity contribution < 1.29 is 13.2 Å². The number of aromatic nitrogens is 1. The summed E-state index contributed by atoms with van der Waals surface area (Å²) in [6, 6.07) is 8.90. The van der Waals surface area contributed by atoms with Gasteiger partial charge in [-0.3, -0.25) is 4.79 Å². The van der Waals surface area contributed by atoms with Crippen LogP contribution >= 0.6 is 0 Å². The minimum atomic E-state index is -3.64. The highest BCUT2D eigenvalue weighted by molar-refractivity contribution is 7.89. The second-order valence-electron chi connectivity index (χ2n) is 7.42. The van der Waals surface area contributed by atoms with E-state index in [1.807, 2.05) is 25.1 Å². The van der Waals surface area contributed by atoms with E-state index in [1.165, 1.54) is 19.3 Å². The fourth-order valence-electron chi connectivity index (χ4n) is 3.47. The number of carbonyl (C=O) groups excluding carboxylic acids is 1. The molecular formula is C21H28N4O3S. The molecule has 0 spiro atoms. The molecule has 1 aliphatic rings. The van der Waals surface area contributed by atoms with Gasteiger partial charge in [0, 0.05) is 26.1 Å². The lowest BCUT2D eigenvalue weighted by Gasteiger charge is -2.27. The van der Waals surface area contributed by atoms with Gasteiger partial charge in [-0.05, 0) is 56.9 Å². The summed E-state index contributed by atoms with van der Waals surface area (Å²) >= 11 is 0. The summed E-state index contributed by atoms with van der Waals surface area (Å²) in [4.78, 5) is 19.1. The molecular weight excluding hydrogens is 388 g/mol. The molecule has 29 heavy (non-hydrogen) atoms. The van der Waals surface area contributed by atoms with E-state index < -0.39 is 10.0 Å². The van der Waals surface area contributed by atoms with Crippen molar-refractivity contribution in [2.75, 3.05) is 29.9 Å². The predicted octanol–water partition coefficient (Wildman–Crippen LogP) is 3.00. The van der Waals surface area contributed by atoms with Crippen molar-refractivity contribution in [2.45, 2.75) is 44.4 Å². The molecule has 0 radical (unpaired) electrons. The van der Waals surface area contributed by atoms with Gasteiger partial charge >= 0.3 is 0 Å². The standard InChI is InChI=1S/C21H28N4O3S/c1-16-6-8-19(17(2)14-16)29(27,28)23-11-10-21(26)24-18-7-9-20(22-15-18)25-12-4-3-5-13-25/h6-9,14-15,23H,3-5,10-13H2,1-2H3,(H,24,26). The maximum atomic E-state index is 12.4. The molecule has 2 aromatic rings. The fraction of sp³-hybridized carbons (Fsp3) is 0.429. The van der Waals surface area contributed by atoms with Gasteiger partial charge < -0.3 is 10.2 Å². The Labute approximate surface area is 172 Å². The lowest BCUT2D eigenvalue weighted by Crippen LogP contribution is -2.30. The van der Waals surface area contributed by atoms with Crippen LogP contribution in [0.2, 0.25) is 0 Å². The molecule has 3 rings (SSSR count). The van der Waals surface area contributed by atoms with Crippen LogP contribution in [0.3, 0.4) is 0 Å². The number of piperidine rings is 1. The van der Waals surface area contributed by atoms with Crippen LogP contribution in [0.1, 0.15) is 36.8 Å². The van der Waals surface area contributed by atoms with Crippen LogP contribution in [0.5, 0.6) is 0 Å². The van der Waals surface area contributed by atoms with Crippen LogP contribution in [0.15, 0.2) is 41.4 Å². The van der Waals surface area contributed by atoms with Gasteiger partial charge in [0.25, 0.3) is 0 Å². The van der Waals surface area contributed by atoms with E-state index in [4.69, 9.17) is 0 Å². The maximum absolute atomic E-state index is 12.4. The molecule has 0 unspecified atom stereocenters. The van der Waals surface area contributed by atoms with Crippen molar-refractivity contribution in [1.82, 2.24) is 9.71 Å². The summed E-state index contributed by atoms with van der Waals surface area (Å²) in [5.74, 6) is 0.657. The molecule has 2 N–H and O–H groups in total. The Morgan fingerprint density at radius 3 is 2.52 bits per heavy atom. The zero-order chi connectivity index (χ0) is 20.9. The van der Waals surface area contributed by atoms with E-state index in [0.717, 1.165) is 24.5 Å². The summed E-state index contributed by atoms with van der Waals surface area (Å²) in [6.45, 7) is 5.73. The summed E-state index contributed by atoms with van der Waals surface area (Å²) in [5, 5.41) is 2.76. The van der Waals surface area contributed by atoms with Crippen molar-refractivity contribution >= 4 is 27.4 Å². The van der Waals surface area contributed by atoms with Gasteiger partial charge in [-0.25, -0.2) is 18.1 Å². The molecule has 0 bridgehead atoms. The topological polar surface area (TPSA) is 91.4 Å². The minimum absolute atomic E-state index is 0.0285. The average Bonchev–Trinajstić information content (AvgIpc) is 2.69. The third-order valence-corrected chi connectivity index (χ3v) is 6.60. The quantitative estimate of drug-likeness (QED) is 0.724. The number of sulfonamides is 1. The van der Waals surface area contributed by atoms with Crippen molar-refractivity contribution in [1.29, 1.82) is 0 Å². The lowest BCUT2D eigenvalue weighted by atomic mass is 10.1. The Bertz CT molecular complexity index is 952. The highest BCUT2D eigenvalue weighted by atomic mass is 32.2. The molecule has 1 aliphatic heterocycles. The third kappa shape index (κ3) is 5.77. The Balaban J connectivity index is 1.49. The summed E-state index contributed by atoms with van der Waals surface area (Å²) < 4.78 is 27.4. The molecule has 1 saturated heterocycles. The smallest absolute Gasteiger partial charge is 0.240 e. The van der Waals surface area contributed by atoms with Gasteiger partial charge in [0.05, 0.1) is 16.8 Å². The van der Waals surface area contributed by atoms with Crippen LogP contribution in [-0.4, -0.2) is 38.9 Å². The van der Waals surface area contributed by atoms with E-state index in [2.05, 4.69) is 19.9 Å².